The molecule has 0 fully saturated rings. The molecule has 0 amide bonds. The minimum atomic E-state index is -0.363. The van der Waals surface area contributed by atoms with Crippen LogP contribution >= 0.6 is 11.6 Å². The molecule has 0 radical (unpaired) electrons. The number of pyridine rings is 1. The summed E-state index contributed by atoms with van der Waals surface area (Å²) in [4.78, 5) is 4.24. The van der Waals surface area contributed by atoms with Crippen LogP contribution in [0.2, 0.25) is 5.15 Å². The van der Waals surface area contributed by atoms with E-state index in [-0.39, 0.29) is 6.10 Å². The highest BCUT2D eigenvalue weighted by molar-refractivity contribution is 6.30. The molecular weight excluding hydrogens is 226 g/mol. The zero-order valence-corrected chi connectivity index (χ0v) is 9.78. The predicted molar refractivity (Wildman–Crippen MR) is 63.6 cm³/mol. The maximum Gasteiger partial charge on any atom is 0.152 e. The summed E-state index contributed by atoms with van der Waals surface area (Å²) >= 11 is 6.05. The Morgan fingerprint density at radius 2 is 2.38 bits per heavy atom. The van der Waals surface area contributed by atoms with Crippen LogP contribution in [0.1, 0.15) is 12.6 Å². The Morgan fingerprint density at radius 1 is 1.56 bits per heavy atom. The zero-order valence-electron chi connectivity index (χ0n) is 9.02. The molecule has 2 rings (SSSR count). The van der Waals surface area contributed by atoms with Crippen LogP contribution in [0.3, 0.4) is 0 Å². The van der Waals surface area contributed by atoms with Crippen LogP contribution in [0, 0.1) is 0 Å². The third-order valence-corrected chi connectivity index (χ3v) is 2.61. The van der Waals surface area contributed by atoms with Gasteiger partial charge in [0.25, 0.3) is 0 Å². The number of imidazole rings is 1. The van der Waals surface area contributed by atoms with Gasteiger partial charge in [0.2, 0.25) is 0 Å². The topological polar surface area (TPSA) is 49.6 Å². The normalized spacial score (nSPS) is 13.2. The first-order chi connectivity index (χ1) is 7.68. The SMILES string of the molecule is C[C@H](O)CNCc1c(Cl)nc2ccccn12. The van der Waals surface area contributed by atoms with Crippen LogP contribution in [-0.4, -0.2) is 27.1 Å². The summed E-state index contributed by atoms with van der Waals surface area (Å²) in [5.41, 5.74) is 1.75. The van der Waals surface area contributed by atoms with Crippen molar-refractivity contribution < 1.29 is 5.11 Å². The van der Waals surface area contributed by atoms with Crippen molar-refractivity contribution in [2.24, 2.45) is 0 Å². The zero-order chi connectivity index (χ0) is 11.5. The third kappa shape index (κ3) is 2.35. The van der Waals surface area contributed by atoms with Crippen molar-refractivity contribution in [2.75, 3.05) is 6.54 Å². The smallest absolute Gasteiger partial charge is 0.152 e. The third-order valence-electron chi connectivity index (χ3n) is 2.31. The number of hydrogen-bond acceptors (Lipinski definition) is 3. The molecule has 86 valence electrons. The van der Waals surface area contributed by atoms with Crippen molar-refractivity contribution in [3.05, 3.63) is 35.2 Å². The fraction of sp³-hybridized carbons (Fsp3) is 0.364. The molecule has 2 heterocycles. The standard InChI is InChI=1S/C11H14ClN3O/c1-8(16)6-13-7-9-11(12)14-10-4-2-3-5-15(9)10/h2-5,8,13,16H,6-7H2,1H3/t8-/m0/s1. The van der Waals surface area contributed by atoms with Gasteiger partial charge in [-0.25, -0.2) is 4.98 Å². The molecule has 0 spiro atoms. The highest BCUT2D eigenvalue weighted by atomic mass is 35.5. The van der Waals surface area contributed by atoms with Crippen LogP contribution in [0.25, 0.3) is 5.65 Å². The van der Waals surface area contributed by atoms with Crippen LogP contribution in [0.4, 0.5) is 0 Å². The highest BCUT2D eigenvalue weighted by Gasteiger charge is 2.09. The molecule has 0 saturated carbocycles. The quantitative estimate of drug-likeness (QED) is 0.849. The average Bonchev–Trinajstić information content (AvgIpc) is 2.55. The van der Waals surface area contributed by atoms with Gasteiger partial charge in [-0.05, 0) is 19.1 Å². The van der Waals surface area contributed by atoms with E-state index in [0.29, 0.717) is 18.2 Å². The number of aliphatic hydroxyl groups is 1. The summed E-state index contributed by atoms with van der Waals surface area (Å²) in [7, 11) is 0. The molecule has 2 N–H and O–H groups in total. The van der Waals surface area contributed by atoms with E-state index in [1.807, 2.05) is 28.8 Å². The number of halogens is 1. The maximum absolute atomic E-state index is 9.15. The minimum absolute atomic E-state index is 0.363. The fourth-order valence-corrected chi connectivity index (χ4v) is 1.82. The molecule has 0 unspecified atom stereocenters. The van der Waals surface area contributed by atoms with E-state index in [9.17, 15) is 0 Å². The Morgan fingerprint density at radius 3 is 3.12 bits per heavy atom. The fourth-order valence-electron chi connectivity index (χ4n) is 1.58. The highest BCUT2D eigenvalue weighted by Crippen LogP contribution is 2.16. The first-order valence-corrected chi connectivity index (χ1v) is 5.56. The van der Waals surface area contributed by atoms with Crippen LogP contribution in [0.15, 0.2) is 24.4 Å². The molecule has 5 heteroatoms. The summed E-state index contributed by atoms with van der Waals surface area (Å²) in [5.74, 6) is 0. The Kier molecular flexibility index (Phi) is 3.43. The monoisotopic (exact) mass is 239 g/mol. The molecule has 0 aliphatic carbocycles. The van der Waals surface area contributed by atoms with Gasteiger partial charge < -0.3 is 14.8 Å². The molecule has 2 aromatic heterocycles. The van der Waals surface area contributed by atoms with E-state index in [4.69, 9.17) is 16.7 Å². The van der Waals surface area contributed by atoms with Crippen LogP contribution < -0.4 is 5.32 Å². The van der Waals surface area contributed by atoms with Gasteiger partial charge in [0.1, 0.15) is 5.65 Å². The molecule has 4 nitrogen and oxygen atoms in total. The summed E-state index contributed by atoms with van der Waals surface area (Å²) in [6.07, 6.45) is 1.56. The molecule has 0 bridgehead atoms. The lowest BCUT2D eigenvalue weighted by atomic mass is 10.4. The molecule has 1 atom stereocenters. The summed E-state index contributed by atoms with van der Waals surface area (Å²) in [6.45, 7) is 2.87. The van der Waals surface area contributed by atoms with Crippen molar-refractivity contribution >= 4 is 17.2 Å². The second-order valence-corrected chi connectivity index (χ2v) is 4.12. The Hall–Kier alpha value is -1.10. The number of nitrogens with zero attached hydrogens (tertiary/aromatic N) is 2. The number of rotatable bonds is 4. The molecule has 0 aliphatic rings. The summed E-state index contributed by atoms with van der Waals surface area (Å²) in [5, 5.41) is 12.8. The molecule has 0 aliphatic heterocycles. The molecular formula is C11H14ClN3O. The van der Waals surface area contributed by atoms with Crippen LogP contribution in [0.5, 0.6) is 0 Å². The van der Waals surface area contributed by atoms with Crippen molar-refractivity contribution in [2.45, 2.75) is 19.6 Å². The van der Waals surface area contributed by atoms with E-state index in [1.54, 1.807) is 6.92 Å². The van der Waals surface area contributed by atoms with Gasteiger partial charge in [-0.2, -0.15) is 0 Å². The van der Waals surface area contributed by atoms with Crippen molar-refractivity contribution in [1.82, 2.24) is 14.7 Å². The van der Waals surface area contributed by atoms with E-state index >= 15 is 0 Å². The van der Waals surface area contributed by atoms with Crippen molar-refractivity contribution in [3.8, 4) is 0 Å². The minimum Gasteiger partial charge on any atom is -0.392 e. The Labute approximate surface area is 98.9 Å². The largest absolute Gasteiger partial charge is 0.392 e. The Balaban J connectivity index is 2.19. The lowest BCUT2D eigenvalue weighted by molar-refractivity contribution is 0.191. The second-order valence-electron chi connectivity index (χ2n) is 3.76. The predicted octanol–water partition coefficient (Wildman–Crippen LogP) is 1.46. The van der Waals surface area contributed by atoms with E-state index < -0.39 is 0 Å². The van der Waals surface area contributed by atoms with Crippen LogP contribution in [-0.2, 0) is 6.54 Å². The number of nitrogens with one attached hydrogen (secondary N) is 1. The van der Waals surface area contributed by atoms with E-state index in [1.165, 1.54) is 0 Å². The van der Waals surface area contributed by atoms with Crippen molar-refractivity contribution in [3.63, 3.8) is 0 Å². The van der Waals surface area contributed by atoms with Gasteiger partial charge >= 0.3 is 0 Å². The number of aliphatic hydroxyl groups excluding tert-OH is 1. The van der Waals surface area contributed by atoms with E-state index in [2.05, 4.69) is 10.3 Å². The second kappa shape index (κ2) is 4.82. The van der Waals surface area contributed by atoms with E-state index in [0.717, 1.165) is 11.3 Å². The van der Waals surface area contributed by atoms with Gasteiger partial charge in [-0.3, -0.25) is 0 Å². The van der Waals surface area contributed by atoms with Crippen molar-refractivity contribution in [1.29, 1.82) is 0 Å². The van der Waals surface area contributed by atoms with Gasteiger partial charge in [0.15, 0.2) is 5.15 Å². The van der Waals surface area contributed by atoms with Gasteiger partial charge in [-0.1, -0.05) is 17.7 Å². The van der Waals surface area contributed by atoms with Gasteiger partial charge in [-0.15, -0.1) is 0 Å². The van der Waals surface area contributed by atoms with Gasteiger partial charge in [0, 0.05) is 19.3 Å². The average molecular weight is 240 g/mol. The number of aromatic nitrogens is 2. The summed E-state index contributed by atoms with van der Waals surface area (Å²) in [6, 6.07) is 5.76. The molecule has 0 aromatic carbocycles. The summed E-state index contributed by atoms with van der Waals surface area (Å²) < 4.78 is 1.94. The number of fused-ring (bicyclic) bond motifs is 1. The maximum atomic E-state index is 9.15. The Bertz CT molecular complexity index is 481. The molecule has 16 heavy (non-hydrogen) atoms. The lowest BCUT2D eigenvalue weighted by Gasteiger charge is -2.06. The lowest BCUT2D eigenvalue weighted by Crippen LogP contribution is -2.24. The molecule has 0 saturated heterocycles. The number of hydrogen-bond donors (Lipinski definition) is 2. The van der Waals surface area contributed by atoms with Gasteiger partial charge in [0.05, 0.1) is 11.8 Å². The molecule has 2 aromatic rings. The first-order valence-electron chi connectivity index (χ1n) is 5.18. The first kappa shape index (κ1) is 11.4.